The van der Waals surface area contributed by atoms with Crippen molar-refractivity contribution in [3.63, 3.8) is 0 Å². The Labute approximate surface area is 227 Å². The molecule has 1 unspecified atom stereocenters. The summed E-state index contributed by atoms with van der Waals surface area (Å²) in [7, 11) is 1.80. The summed E-state index contributed by atoms with van der Waals surface area (Å²) in [4.78, 5) is 15.4. The summed E-state index contributed by atoms with van der Waals surface area (Å²) < 4.78 is 1.70. The highest BCUT2D eigenvalue weighted by molar-refractivity contribution is 6.32. The zero-order valence-electron chi connectivity index (χ0n) is 21.5. The average Bonchev–Trinajstić information content (AvgIpc) is 3.50. The number of amides is 1. The number of fused-ring (bicyclic) bond motifs is 1. The van der Waals surface area contributed by atoms with Gasteiger partial charge in [-0.05, 0) is 67.1 Å². The summed E-state index contributed by atoms with van der Waals surface area (Å²) in [6, 6.07) is 20.7. The third kappa shape index (κ3) is 4.11. The number of hydrogen-bond donors (Lipinski definition) is 2. The lowest BCUT2D eigenvalue weighted by molar-refractivity contribution is 0.0995. The first-order valence-electron chi connectivity index (χ1n) is 12.9. The molecule has 1 atom stereocenters. The average molecular weight is 528 g/mol. The van der Waals surface area contributed by atoms with Crippen molar-refractivity contribution in [1.82, 2.24) is 20.1 Å². The number of benzene rings is 3. The van der Waals surface area contributed by atoms with Crippen LogP contribution < -0.4 is 10.2 Å². The molecule has 1 saturated carbocycles. The van der Waals surface area contributed by atoms with Crippen LogP contribution in [0.3, 0.4) is 0 Å². The summed E-state index contributed by atoms with van der Waals surface area (Å²) in [5.74, 6) is 0.287. The molecular formula is C30H30ClN5O2. The molecule has 6 rings (SSSR count). The van der Waals surface area contributed by atoms with Gasteiger partial charge in [-0.25, -0.2) is 0 Å². The summed E-state index contributed by atoms with van der Waals surface area (Å²) in [5, 5.41) is 24.6. The molecule has 2 N–H and O–H groups in total. The molecule has 8 heteroatoms. The summed E-state index contributed by atoms with van der Waals surface area (Å²) in [5.41, 5.74) is 2.99. The maximum atomic E-state index is 13.6. The van der Waals surface area contributed by atoms with Crippen LogP contribution in [0.15, 0.2) is 73.1 Å². The minimum absolute atomic E-state index is 0.0994. The Bertz CT molecular complexity index is 1510. The van der Waals surface area contributed by atoms with E-state index in [4.69, 9.17) is 11.6 Å². The Morgan fingerprint density at radius 2 is 1.84 bits per heavy atom. The van der Waals surface area contributed by atoms with Crippen LogP contribution in [0.25, 0.3) is 0 Å². The number of nitrogens with zero attached hydrogens (tertiary/aromatic N) is 4. The van der Waals surface area contributed by atoms with Crippen molar-refractivity contribution < 1.29 is 9.90 Å². The van der Waals surface area contributed by atoms with Crippen molar-refractivity contribution in [2.24, 2.45) is 7.05 Å². The minimum atomic E-state index is -1.56. The van der Waals surface area contributed by atoms with E-state index in [0.717, 1.165) is 11.1 Å². The number of rotatable bonds is 7. The molecule has 1 aromatic heterocycles. The molecule has 3 aromatic carbocycles. The van der Waals surface area contributed by atoms with Gasteiger partial charge in [0.25, 0.3) is 5.91 Å². The van der Waals surface area contributed by atoms with Crippen molar-refractivity contribution >= 4 is 23.2 Å². The number of carbonyl (C=O) groups excluding carboxylic acids is 1. The number of anilines is 1. The second-order valence-corrected chi connectivity index (χ2v) is 11.1. The Balaban J connectivity index is 1.34. The van der Waals surface area contributed by atoms with Gasteiger partial charge >= 0.3 is 0 Å². The quantitative estimate of drug-likeness (QED) is 0.355. The van der Waals surface area contributed by atoms with E-state index in [0.29, 0.717) is 46.3 Å². The normalized spacial score (nSPS) is 17.7. The van der Waals surface area contributed by atoms with E-state index in [1.54, 1.807) is 22.8 Å². The lowest BCUT2D eigenvalue weighted by Crippen LogP contribution is -2.47. The zero-order chi connectivity index (χ0) is 26.5. The molecule has 7 nitrogen and oxygen atoms in total. The van der Waals surface area contributed by atoms with Crippen molar-refractivity contribution in [2.45, 2.75) is 50.4 Å². The van der Waals surface area contributed by atoms with Gasteiger partial charge in [0.05, 0.1) is 6.54 Å². The van der Waals surface area contributed by atoms with Crippen molar-refractivity contribution in [3.05, 3.63) is 112 Å². The number of hydrogen-bond acceptors (Lipinski definition) is 5. The molecule has 1 amide bonds. The van der Waals surface area contributed by atoms with Crippen LogP contribution in [0.5, 0.6) is 0 Å². The number of halogens is 1. The van der Waals surface area contributed by atoms with Crippen LogP contribution in [0.4, 0.5) is 5.69 Å². The van der Waals surface area contributed by atoms with Gasteiger partial charge in [0.15, 0.2) is 11.4 Å². The maximum absolute atomic E-state index is 13.6. The van der Waals surface area contributed by atoms with Crippen molar-refractivity contribution in [1.29, 1.82) is 0 Å². The van der Waals surface area contributed by atoms with Crippen molar-refractivity contribution in [3.8, 4) is 0 Å². The predicted molar refractivity (Wildman–Crippen MR) is 147 cm³/mol. The fraction of sp³-hybridized carbons (Fsp3) is 0.300. The lowest BCUT2D eigenvalue weighted by atomic mass is 9.78. The fourth-order valence-electron chi connectivity index (χ4n) is 5.54. The minimum Gasteiger partial charge on any atom is -0.373 e. The van der Waals surface area contributed by atoms with Crippen LogP contribution in [0.1, 0.15) is 64.6 Å². The zero-order valence-corrected chi connectivity index (χ0v) is 22.2. The maximum Gasteiger partial charge on any atom is 0.258 e. The van der Waals surface area contributed by atoms with E-state index in [9.17, 15) is 9.90 Å². The van der Waals surface area contributed by atoms with Gasteiger partial charge in [0.2, 0.25) is 0 Å². The van der Waals surface area contributed by atoms with Gasteiger partial charge in [0, 0.05) is 41.0 Å². The molecule has 0 saturated heterocycles. The number of nitrogens with one attached hydrogen (secondary N) is 1. The van der Waals surface area contributed by atoms with Gasteiger partial charge in [-0.2, -0.15) is 0 Å². The molecule has 2 heterocycles. The Kier molecular flexibility index (Phi) is 6.10. The Hall–Kier alpha value is -3.52. The van der Waals surface area contributed by atoms with Crippen LogP contribution in [0.2, 0.25) is 5.02 Å². The summed E-state index contributed by atoms with van der Waals surface area (Å²) in [6.45, 7) is 3.28. The Morgan fingerprint density at radius 3 is 2.53 bits per heavy atom. The van der Waals surface area contributed by atoms with Gasteiger partial charge in [-0.15, -0.1) is 10.2 Å². The SMILES string of the molecule is Cn1cnnc1C(O)(c1ccccc1)c1cccc(N2Cc3c(Cl)cc(CNC4(C)CCC4)cc3C2=O)c1. The number of aromatic nitrogens is 3. The third-order valence-electron chi connectivity index (χ3n) is 8.03. The van der Waals surface area contributed by atoms with E-state index in [2.05, 4.69) is 22.4 Å². The molecule has 2 aliphatic rings. The second kappa shape index (κ2) is 9.34. The third-order valence-corrected chi connectivity index (χ3v) is 8.36. The van der Waals surface area contributed by atoms with Crippen LogP contribution >= 0.6 is 11.6 Å². The molecule has 1 aliphatic heterocycles. The smallest absolute Gasteiger partial charge is 0.258 e. The molecule has 1 aliphatic carbocycles. The largest absolute Gasteiger partial charge is 0.373 e. The van der Waals surface area contributed by atoms with Crippen molar-refractivity contribution in [2.75, 3.05) is 4.90 Å². The van der Waals surface area contributed by atoms with Crippen LogP contribution in [-0.4, -0.2) is 31.3 Å². The molecule has 1 fully saturated rings. The van der Waals surface area contributed by atoms with E-state index in [1.807, 2.05) is 66.7 Å². The van der Waals surface area contributed by atoms with Gasteiger partial charge in [-0.3, -0.25) is 4.79 Å². The molecular weight excluding hydrogens is 498 g/mol. The number of aliphatic hydroxyl groups is 1. The monoisotopic (exact) mass is 527 g/mol. The first-order valence-corrected chi connectivity index (χ1v) is 13.3. The predicted octanol–water partition coefficient (Wildman–Crippen LogP) is 4.95. The second-order valence-electron chi connectivity index (χ2n) is 10.7. The topological polar surface area (TPSA) is 83.3 Å². The van der Waals surface area contributed by atoms with Gasteiger partial charge in [0.1, 0.15) is 6.33 Å². The first kappa shape index (κ1) is 24.8. The molecule has 0 spiro atoms. The number of carbonyl (C=O) groups is 1. The highest BCUT2D eigenvalue weighted by atomic mass is 35.5. The highest BCUT2D eigenvalue weighted by Crippen LogP contribution is 2.39. The summed E-state index contributed by atoms with van der Waals surface area (Å²) in [6.07, 6.45) is 5.14. The van der Waals surface area contributed by atoms with Gasteiger partial charge in [-0.1, -0.05) is 54.1 Å². The molecule has 0 radical (unpaired) electrons. The van der Waals surface area contributed by atoms with E-state index in [1.165, 1.54) is 19.3 Å². The first-order chi connectivity index (χ1) is 18.3. The van der Waals surface area contributed by atoms with Crippen LogP contribution in [0, 0.1) is 0 Å². The van der Waals surface area contributed by atoms with E-state index in [-0.39, 0.29) is 11.4 Å². The van der Waals surface area contributed by atoms with Crippen LogP contribution in [-0.2, 0) is 25.7 Å². The lowest BCUT2D eigenvalue weighted by Gasteiger charge is -2.39. The number of aryl methyl sites for hydroxylation is 1. The Morgan fingerprint density at radius 1 is 1.08 bits per heavy atom. The molecule has 0 bridgehead atoms. The van der Waals surface area contributed by atoms with E-state index >= 15 is 0 Å². The molecule has 38 heavy (non-hydrogen) atoms. The molecule has 194 valence electrons. The highest BCUT2D eigenvalue weighted by Gasteiger charge is 2.39. The standard InChI is InChI=1S/C30H30ClN5O2/c1-29(12-7-13-29)32-17-20-14-24-25(26(31)15-20)18-36(27(24)37)23-11-6-10-22(16-23)30(38,21-8-4-3-5-9-21)28-34-33-19-35(28)2/h3-6,8-11,14-16,19,32,38H,7,12-13,17-18H2,1-2H3. The van der Waals surface area contributed by atoms with E-state index < -0.39 is 5.60 Å². The molecule has 4 aromatic rings. The fourth-order valence-corrected chi connectivity index (χ4v) is 5.85. The van der Waals surface area contributed by atoms with Gasteiger partial charge < -0.3 is 19.9 Å². The summed E-state index contributed by atoms with van der Waals surface area (Å²) >= 11 is 6.69.